The van der Waals surface area contributed by atoms with Gasteiger partial charge in [0.05, 0.1) is 12.8 Å². The topological polar surface area (TPSA) is 51.4 Å². The number of nitrogen functional groups attached to an aromatic ring is 1. The van der Waals surface area contributed by atoms with Crippen LogP contribution in [0.5, 0.6) is 5.88 Å². The fourth-order valence-corrected chi connectivity index (χ4v) is 2.09. The minimum atomic E-state index is 0.572. The van der Waals surface area contributed by atoms with Crippen molar-refractivity contribution in [1.29, 1.82) is 0 Å². The van der Waals surface area contributed by atoms with Gasteiger partial charge in [0.25, 0.3) is 0 Å². The second-order valence-electron chi connectivity index (χ2n) is 4.79. The zero-order valence-electron chi connectivity index (χ0n) is 12.3. The van der Waals surface area contributed by atoms with Crippen LogP contribution >= 0.6 is 0 Å². The van der Waals surface area contributed by atoms with Gasteiger partial charge in [-0.25, -0.2) is 0 Å². The van der Waals surface area contributed by atoms with E-state index >= 15 is 0 Å². The van der Waals surface area contributed by atoms with Crippen molar-refractivity contribution in [2.24, 2.45) is 0 Å². The van der Waals surface area contributed by atoms with Gasteiger partial charge in [0, 0.05) is 19.7 Å². The highest BCUT2D eigenvalue weighted by Gasteiger charge is 2.09. The molecule has 0 aliphatic rings. The van der Waals surface area contributed by atoms with Gasteiger partial charge in [-0.05, 0) is 23.6 Å². The first-order valence-electron chi connectivity index (χ1n) is 6.73. The summed E-state index contributed by atoms with van der Waals surface area (Å²) < 4.78 is 5.15. The summed E-state index contributed by atoms with van der Waals surface area (Å²) in [4.78, 5) is 6.43. The average Bonchev–Trinajstić information content (AvgIpc) is 2.48. The highest BCUT2D eigenvalue weighted by atomic mass is 16.5. The summed E-state index contributed by atoms with van der Waals surface area (Å²) >= 11 is 0. The number of aromatic nitrogens is 1. The molecule has 1 aromatic carbocycles. The highest BCUT2D eigenvalue weighted by molar-refractivity contribution is 5.63. The Hall–Kier alpha value is -2.23. The molecule has 0 saturated heterocycles. The first-order valence-corrected chi connectivity index (χ1v) is 6.73. The first kappa shape index (κ1) is 14.2. The van der Waals surface area contributed by atoms with E-state index in [0.29, 0.717) is 11.6 Å². The summed E-state index contributed by atoms with van der Waals surface area (Å²) in [5.41, 5.74) is 9.21. The summed E-state index contributed by atoms with van der Waals surface area (Å²) in [6.45, 7) is 2.91. The number of rotatable bonds is 5. The Morgan fingerprint density at radius 3 is 2.35 bits per heavy atom. The molecule has 0 amide bonds. The van der Waals surface area contributed by atoms with E-state index in [1.165, 1.54) is 11.1 Å². The molecule has 4 heteroatoms. The lowest BCUT2D eigenvalue weighted by Crippen LogP contribution is -2.19. The maximum Gasteiger partial charge on any atom is 0.215 e. The number of methoxy groups -OCH3 is 1. The lowest BCUT2D eigenvalue weighted by atomic mass is 10.1. The second-order valence-corrected chi connectivity index (χ2v) is 4.79. The summed E-state index contributed by atoms with van der Waals surface area (Å²) in [5, 5.41) is 0. The number of hydrogen-bond acceptors (Lipinski definition) is 4. The lowest BCUT2D eigenvalue weighted by Gasteiger charge is -2.20. The number of aryl methyl sites for hydroxylation is 1. The van der Waals surface area contributed by atoms with Gasteiger partial charge < -0.3 is 15.4 Å². The van der Waals surface area contributed by atoms with Crippen LogP contribution in [0.2, 0.25) is 0 Å². The van der Waals surface area contributed by atoms with Crippen LogP contribution in [-0.4, -0.2) is 19.1 Å². The minimum absolute atomic E-state index is 0.572. The van der Waals surface area contributed by atoms with Crippen LogP contribution in [-0.2, 0) is 13.0 Å². The molecule has 0 aliphatic carbocycles. The smallest absolute Gasteiger partial charge is 0.215 e. The van der Waals surface area contributed by atoms with Crippen molar-refractivity contribution in [3.63, 3.8) is 0 Å². The van der Waals surface area contributed by atoms with Crippen molar-refractivity contribution in [3.05, 3.63) is 47.5 Å². The number of anilines is 2. The molecule has 20 heavy (non-hydrogen) atoms. The fraction of sp³-hybridized carbons (Fsp3) is 0.312. The Kier molecular flexibility index (Phi) is 4.45. The van der Waals surface area contributed by atoms with Gasteiger partial charge in [0.2, 0.25) is 5.88 Å². The molecule has 0 radical (unpaired) electrons. The van der Waals surface area contributed by atoms with Gasteiger partial charge in [-0.3, -0.25) is 0 Å². The van der Waals surface area contributed by atoms with Crippen LogP contribution in [0.25, 0.3) is 0 Å². The van der Waals surface area contributed by atoms with E-state index in [1.54, 1.807) is 13.2 Å². The van der Waals surface area contributed by atoms with Crippen LogP contribution in [0.1, 0.15) is 18.1 Å². The standard InChI is InChI=1S/C16H21N3O/c1-4-12-5-7-13(8-6-12)11-19(2)16-14(17)9-10-15(18-16)20-3/h5-10H,4,11,17H2,1-3H3. The van der Waals surface area contributed by atoms with E-state index in [9.17, 15) is 0 Å². The van der Waals surface area contributed by atoms with Crippen molar-refractivity contribution >= 4 is 11.5 Å². The summed E-state index contributed by atoms with van der Waals surface area (Å²) in [5.74, 6) is 1.31. The third-order valence-electron chi connectivity index (χ3n) is 3.30. The summed E-state index contributed by atoms with van der Waals surface area (Å²) in [6, 6.07) is 12.2. The monoisotopic (exact) mass is 271 g/mol. The zero-order valence-corrected chi connectivity index (χ0v) is 12.3. The Balaban J connectivity index is 2.16. The molecule has 0 saturated carbocycles. The number of benzene rings is 1. The Bertz CT molecular complexity index is 566. The molecule has 0 bridgehead atoms. The quantitative estimate of drug-likeness (QED) is 0.908. The zero-order chi connectivity index (χ0) is 14.5. The maximum atomic E-state index is 5.98. The normalized spacial score (nSPS) is 10.3. The van der Waals surface area contributed by atoms with E-state index < -0.39 is 0 Å². The van der Waals surface area contributed by atoms with Gasteiger partial charge in [0.15, 0.2) is 5.82 Å². The molecule has 0 unspecified atom stereocenters. The van der Waals surface area contributed by atoms with E-state index in [0.717, 1.165) is 18.8 Å². The third-order valence-corrected chi connectivity index (χ3v) is 3.30. The SMILES string of the molecule is CCc1ccc(CN(C)c2nc(OC)ccc2N)cc1. The minimum Gasteiger partial charge on any atom is -0.481 e. The predicted octanol–water partition coefficient (Wildman–Crippen LogP) is 2.87. The van der Waals surface area contributed by atoms with E-state index in [2.05, 4.69) is 36.2 Å². The van der Waals surface area contributed by atoms with Gasteiger partial charge in [-0.15, -0.1) is 0 Å². The number of nitrogens with two attached hydrogens (primary N) is 1. The molecule has 0 atom stereocenters. The second kappa shape index (κ2) is 6.28. The molecule has 2 aromatic rings. The van der Waals surface area contributed by atoms with E-state index in [4.69, 9.17) is 10.5 Å². The van der Waals surface area contributed by atoms with Crippen LogP contribution in [0.3, 0.4) is 0 Å². The molecule has 0 aliphatic heterocycles. The Labute approximate surface area is 120 Å². The van der Waals surface area contributed by atoms with Crippen LogP contribution in [0.15, 0.2) is 36.4 Å². The third kappa shape index (κ3) is 3.20. The number of ether oxygens (including phenoxy) is 1. The van der Waals surface area contributed by atoms with Crippen molar-refractivity contribution in [3.8, 4) is 5.88 Å². The molecule has 4 nitrogen and oxygen atoms in total. The summed E-state index contributed by atoms with van der Waals surface area (Å²) in [7, 11) is 3.58. The Morgan fingerprint density at radius 2 is 1.75 bits per heavy atom. The summed E-state index contributed by atoms with van der Waals surface area (Å²) in [6.07, 6.45) is 1.06. The lowest BCUT2D eigenvalue weighted by molar-refractivity contribution is 0.398. The Morgan fingerprint density at radius 1 is 1.10 bits per heavy atom. The van der Waals surface area contributed by atoms with Gasteiger partial charge >= 0.3 is 0 Å². The molecule has 2 rings (SSSR count). The number of pyridine rings is 1. The van der Waals surface area contributed by atoms with Gasteiger partial charge in [-0.1, -0.05) is 31.2 Å². The van der Waals surface area contributed by atoms with Gasteiger partial charge in [-0.2, -0.15) is 4.98 Å². The molecule has 106 valence electrons. The van der Waals surface area contributed by atoms with Crippen molar-refractivity contribution in [2.75, 3.05) is 24.8 Å². The molecule has 0 fully saturated rings. The van der Waals surface area contributed by atoms with Crippen molar-refractivity contribution in [1.82, 2.24) is 4.98 Å². The van der Waals surface area contributed by atoms with Crippen LogP contribution < -0.4 is 15.4 Å². The molecular weight excluding hydrogens is 250 g/mol. The molecule has 1 heterocycles. The van der Waals surface area contributed by atoms with E-state index in [1.807, 2.05) is 18.0 Å². The highest BCUT2D eigenvalue weighted by Crippen LogP contribution is 2.24. The average molecular weight is 271 g/mol. The van der Waals surface area contributed by atoms with Crippen LogP contribution in [0.4, 0.5) is 11.5 Å². The maximum absolute atomic E-state index is 5.98. The number of hydrogen-bond donors (Lipinski definition) is 1. The van der Waals surface area contributed by atoms with E-state index in [-0.39, 0.29) is 0 Å². The first-order chi connectivity index (χ1) is 9.63. The van der Waals surface area contributed by atoms with Crippen molar-refractivity contribution < 1.29 is 4.74 Å². The largest absolute Gasteiger partial charge is 0.481 e. The molecule has 1 aromatic heterocycles. The van der Waals surface area contributed by atoms with Crippen molar-refractivity contribution in [2.45, 2.75) is 19.9 Å². The molecule has 2 N–H and O–H groups in total. The molecule has 0 spiro atoms. The predicted molar refractivity (Wildman–Crippen MR) is 83.1 cm³/mol. The van der Waals surface area contributed by atoms with Crippen LogP contribution in [0, 0.1) is 0 Å². The van der Waals surface area contributed by atoms with Gasteiger partial charge in [0.1, 0.15) is 0 Å². The molecular formula is C16H21N3O. The number of nitrogens with zero attached hydrogens (tertiary/aromatic N) is 2. The fourth-order valence-electron chi connectivity index (χ4n) is 2.09.